The minimum absolute atomic E-state index is 0.212. The van der Waals surface area contributed by atoms with Crippen LogP contribution in [0.25, 0.3) is 0 Å². The molecular weight excluding hydrogens is 220 g/mol. The van der Waals surface area contributed by atoms with Crippen molar-refractivity contribution >= 4 is 5.97 Å². The monoisotopic (exact) mass is 238 g/mol. The number of aromatic amines is 1. The van der Waals surface area contributed by atoms with Gasteiger partial charge in [-0.15, -0.1) is 0 Å². The lowest BCUT2D eigenvalue weighted by Gasteiger charge is -2.31. The van der Waals surface area contributed by atoms with E-state index in [1.807, 2.05) is 6.07 Å². The fraction of sp³-hybridized carbons (Fsp3) is 0.583. The minimum Gasteiger partial charge on any atom is -0.481 e. The average molecular weight is 238 g/mol. The highest BCUT2D eigenvalue weighted by molar-refractivity contribution is 5.70. The van der Waals surface area contributed by atoms with Gasteiger partial charge >= 0.3 is 5.97 Å². The van der Waals surface area contributed by atoms with Crippen LogP contribution in [0.2, 0.25) is 0 Å². The third-order valence-electron chi connectivity index (χ3n) is 3.37. The summed E-state index contributed by atoms with van der Waals surface area (Å²) in [6.07, 6.45) is 4.43. The summed E-state index contributed by atoms with van der Waals surface area (Å²) in [4.78, 5) is 15.8. The molecule has 0 radical (unpaired) electrons. The SMILES string of the molecule is O=C(O)C1CCN(CC(O)c2cc[nH]c2)CC1. The van der Waals surface area contributed by atoms with Crippen molar-refractivity contribution in [1.29, 1.82) is 0 Å². The molecule has 1 aromatic heterocycles. The number of likely N-dealkylation sites (tertiary alicyclic amines) is 1. The van der Waals surface area contributed by atoms with Crippen molar-refractivity contribution in [3.05, 3.63) is 24.0 Å². The maximum Gasteiger partial charge on any atom is 0.306 e. The van der Waals surface area contributed by atoms with Gasteiger partial charge in [-0.1, -0.05) is 0 Å². The molecule has 2 rings (SSSR count). The first kappa shape index (κ1) is 12.1. The van der Waals surface area contributed by atoms with Gasteiger partial charge in [0.1, 0.15) is 0 Å². The first-order chi connectivity index (χ1) is 8.16. The van der Waals surface area contributed by atoms with Gasteiger partial charge in [0, 0.05) is 18.9 Å². The van der Waals surface area contributed by atoms with Crippen molar-refractivity contribution in [1.82, 2.24) is 9.88 Å². The van der Waals surface area contributed by atoms with Crippen LogP contribution in [0.4, 0.5) is 0 Å². The van der Waals surface area contributed by atoms with Gasteiger partial charge in [0.25, 0.3) is 0 Å². The van der Waals surface area contributed by atoms with Gasteiger partial charge in [-0.3, -0.25) is 4.79 Å². The van der Waals surface area contributed by atoms with Crippen LogP contribution in [-0.2, 0) is 4.79 Å². The molecule has 1 unspecified atom stereocenters. The number of aliphatic hydroxyl groups is 1. The summed E-state index contributed by atoms with van der Waals surface area (Å²) < 4.78 is 0. The molecule has 0 amide bonds. The van der Waals surface area contributed by atoms with E-state index in [9.17, 15) is 9.90 Å². The number of rotatable bonds is 4. The Labute approximate surface area is 100 Å². The molecule has 2 heterocycles. The number of β-amino-alcohol motifs (C(OH)–C–C–N with tert-alkyl or cyclic N) is 1. The predicted molar refractivity (Wildman–Crippen MR) is 62.6 cm³/mol. The van der Waals surface area contributed by atoms with Crippen molar-refractivity contribution in [2.24, 2.45) is 5.92 Å². The summed E-state index contributed by atoms with van der Waals surface area (Å²) >= 11 is 0. The quantitative estimate of drug-likeness (QED) is 0.726. The first-order valence-corrected chi connectivity index (χ1v) is 5.92. The minimum atomic E-state index is -0.698. The fourth-order valence-corrected chi connectivity index (χ4v) is 2.26. The molecule has 1 aliphatic rings. The van der Waals surface area contributed by atoms with Crippen LogP contribution in [0, 0.1) is 5.92 Å². The number of nitrogens with zero attached hydrogens (tertiary/aromatic N) is 1. The fourth-order valence-electron chi connectivity index (χ4n) is 2.26. The zero-order valence-corrected chi connectivity index (χ0v) is 9.67. The molecule has 0 bridgehead atoms. The maximum atomic E-state index is 10.8. The van der Waals surface area contributed by atoms with E-state index in [0.29, 0.717) is 19.4 Å². The summed E-state index contributed by atoms with van der Waals surface area (Å²) in [6, 6.07) is 1.86. The van der Waals surface area contributed by atoms with Crippen LogP contribution in [-0.4, -0.2) is 45.7 Å². The number of carbonyl (C=O) groups is 1. The van der Waals surface area contributed by atoms with Crippen LogP contribution in [0.1, 0.15) is 24.5 Å². The summed E-state index contributed by atoms with van der Waals surface area (Å²) in [5, 5.41) is 18.8. The summed E-state index contributed by atoms with van der Waals surface area (Å²) in [7, 11) is 0. The molecule has 0 spiro atoms. The zero-order valence-electron chi connectivity index (χ0n) is 9.67. The van der Waals surface area contributed by atoms with Crippen molar-refractivity contribution in [2.75, 3.05) is 19.6 Å². The lowest BCUT2D eigenvalue weighted by atomic mass is 9.97. The normalized spacial score (nSPS) is 20.3. The standard InChI is InChI=1S/C12H18N2O3/c15-11(10-1-4-13-7-10)8-14-5-2-9(3-6-14)12(16)17/h1,4,7,9,11,13,15H,2-3,5-6,8H2,(H,16,17). The second-order valence-electron chi connectivity index (χ2n) is 4.57. The Morgan fingerprint density at radius 3 is 2.76 bits per heavy atom. The number of H-pyrrole nitrogens is 1. The van der Waals surface area contributed by atoms with E-state index in [-0.39, 0.29) is 5.92 Å². The highest BCUT2D eigenvalue weighted by atomic mass is 16.4. The number of nitrogens with one attached hydrogen (secondary N) is 1. The first-order valence-electron chi connectivity index (χ1n) is 5.92. The summed E-state index contributed by atoms with van der Waals surface area (Å²) in [6.45, 7) is 2.07. The number of carboxylic acids is 1. The third-order valence-corrected chi connectivity index (χ3v) is 3.37. The van der Waals surface area contributed by atoms with Crippen LogP contribution < -0.4 is 0 Å². The highest BCUT2D eigenvalue weighted by Gasteiger charge is 2.25. The molecule has 1 aromatic rings. The molecule has 0 aromatic carbocycles. The smallest absolute Gasteiger partial charge is 0.306 e. The van der Waals surface area contributed by atoms with E-state index in [2.05, 4.69) is 9.88 Å². The Kier molecular flexibility index (Phi) is 3.81. The molecule has 5 nitrogen and oxygen atoms in total. The largest absolute Gasteiger partial charge is 0.481 e. The molecule has 5 heteroatoms. The Morgan fingerprint density at radius 1 is 1.53 bits per heavy atom. The second-order valence-corrected chi connectivity index (χ2v) is 4.57. The lowest BCUT2D eigenvalue weighted by molar-refractivity contribution is -0.143. The number of aliphatic carboxylic acids is 1. The topological polar surface area (TPSA) is 76.6 Å². The Morgan fingerprint density at radius 2 is 2.24 bits per heavy atom. The number of aromatic nitrogens is 1. The predicted octanol–water partition coefficient (Wildman–Crippen LogP) is 0.845. The number of carboxylic acid groups (broad SMARTS) is 1. The molecule has 1 atom stereocenters. The lowest BCUT2D eigenvalue weighted by Crippen LogP contribution is -2.38. The van der Waals surface area contributed by atoms with E-state index >= 15 is 0 Å². The van der Waals surface area contributed by atoms with Gasteiger partial charge in [-0.25, -0.2) is 0 Å². The number of aliphatic hydroxyl groups excluding tert-OH is 1. The Bertz CT molecular complexity index is 356. The second kappa shape index (κ2) is 5.33. The molecule has 17 heavy (non-hydrogen) atoms. The van der Waals surface area contributed by atoms with Crippen LogP contribution in [0.5, 0.6) is 0 Å². The van der Waals surface area contributed by atoms with Gasteiger partial charge < -0.3 is 20.1 Å². The Balaban J connectivity index is 1.80. The van der Waals surface area contributed by atoms with Crippen LogP contribution in [0.3, 0.4) is 0 Å². The molecule has 1 saturated heterocycles. The molecule has 94 valence electrons. The Hall–Kier alpha value is -1.33. The van der Waals surface area contributed by atoms with Crippen molar-refractivity contribution in [3.63, 3.8) is 0 Å². The van der Waals surface area contributed by atoms with Gasteiger partial charge in [0.2, 0.25) is 0 Å². The third kappa shape index (κ3) is 3.08. The molecule has 0 aliphatic carbocycles. The van der Waals surface area contributed by atoms with E-state index in [4.69, 9.17) is 5.11 Å². The highest BCUT2D eigenvalue weighted by Crippen LogP contribution is 2.20. The van der Waals surface area contributed by atoms with Gasteiger partial charge in [-0.05, 0) is 37.6 Å². The maximum absolute atomic E-state index is 10.8. The number of piperidine rings is 1. The van der Waals surface area contributed by atoms with E-state index < -0.39 is 12.1 Å². The van der Waals surface area contributed by atoms with Crippen LogP contribution in [0.15, 0.2) is 18.5 Å². The zero-order chi connectivity index (χ0) is 12.3. The average Bonchev–Trinajstić information content (AvgIpc) is 2.83. The molecule has 1 fully saturated rings. The van der Waals surface area contributed by atoms with Gasteiger partial charge in [-0.2, -0.15) is 0 Å². The van der Waals surface area contributed by atoms with Crippen LogP contribution >= 0.6 is 0 Å². The van der Waals surface area contributed by atoms with E-state index in [1.165, 1.54) is 0 Å². The molecule has 0 saturated carbocycles. The summed E-state index contributed by atoms with van der Waals surface area (Å²) in [5.74, 6) is -0.911. The molecule has 1 aliphatic heterocycles. The number of hydrogen-bond donors (Lipinski definition) is 3. The van der Waals surface area contributed by atoms with Gasteiger partial charge in [0.15, 0.2) is 0 Å². The van der Waals surface area contributed by atoms with Gasteiger partial charge in [0.05, 0.1) is 12.0 Å². The molecular formula is C12H18N2O3. The van der Waals surface area contributed by atoms with Crippen molar-refractivity contribution in [2.45, 2.75) is 18.9 Å². The molecule has 3 N–H and O–H groups in total. The number of hydrogen-bond acceptors (Lipinski definition) is 3. The van der Waals surface area contributed by atoms with Crippen molar-refractivity contribution < 1.29 is 15.0 Å². The van der Waals surface area contributed by atoms with E-state index in [1.54, 1.807) is 12.4 Å². The summed E-state index contributed by atoms with van der Waals surface area (Å²) in [5.41, 5.74) is 0.880. The van der Waals surface area contributed by atoms with Crippen molar-refractivity contribution in [3.8, 4) is 0 Å². The van der Waals surface area contributed by atoms with E-state index in [0.717, 1.165) is 18.7 Å².